The molecule has 2 aromatic carbocycles. The van der Waals surface area contributed by atoms with Gasteiger partial charge < -0.3 is 15.5 Å². The third-order valence-corrected chi connectivity index (χ3v) is 4.76. The second kappa shape index (κ2) is 6.00. The number of anilines is 1. The van der Waals surface area contributed by atoms with Crippen molar-refractivity contribution in [2.45, 2.75) is 25.4 Å². The molecular formula is C19H19N3O2. The van der Waals surface area contributed by atoms with E-state index >= 15 is 0 Å². The van der Waals surface area contributed by atoms with Crippen LogP contribution in [0.4, 0.5) is 10.5 Å². The second-order valence-corrected chi connectivity index (χ2v) is 6.31. The Morgan fingerprint density at radius 2 is 2.00 bits per heavy atom. The lowest BCUT2D eigenvalue weighted by molar-refractivity contribution is 0.0464. The fourth-order valence-electron chi connectivity index (χ4n) is 3.29. The molecule has 2 aliphatic heterocycles. The first kappa shape index (κ1) is 14.8. The zero-order valence-corrected chi connectivity index (χ0v) is 13.3. The molecule has 5 nitrogen and oxygen atoms in total. The van der Waals surface area contributed by atoms with E-state index in [2.05, 4.69) is 22.8 Å². The molecule has 0 bridgehead atoms. The number of likely N-dealkylation sites (tertiary alicyclic amines) is 1. The lowest BCUT2D eigenvalue weighted by Gasteiger charge is -2.41. The molecule has 0 radical (unpaired) electrons. The average molecular weight is 321 g/mol. The van der Waals surface area contributed by atoms with Crippen LogP contribution in [0.5, 0.6) is 0 Å². The maximum absolute atomic E-state index is 12.8. The number of nitrogens with zero attached hydrogens (tertiary/aromatic N) is 1. The summed E-state index contributed by atoms with van der Waals surface area (Å²) in [7, 11) is 0. The quantitative estimate of drug-likeness (QED) is 0.913. The van der Waals surface area contributed by atoms with Gasteiger partial charge in [0.15, 0.2) is 0 Å². The minimum atomic E-state index is -0.224. The Bertz CT molecular complexity index is 788. The van der Waals surface area contributed by atoms with Gasteiger partial charge in [0, 0.05) is 30.4 Å². The van der Waals surface area contributed by atoms with E-state index in [0.29, 0.717) is 12.1 Å². The molecule has 2 aromatic rings. The Morgan fingerprint density at radius 3 is 2.75 bits per heavy atom. The molecule has 5 heteroatoms. The molecule has 3 amide bonds. The van der Waals surface area contributed by atoms with Crippen LogP contribution in [0.25, 0.3) is 0 Å². The Kier molecular flexibility index (Phi) is 3.69. The van der Waals surface area contributed by atoms with Crippen molar-refractivity contribution in [3.05, 3.63) is 65.2 Å². The summed E-state index contributed by atoms with van der Waals surface area (Å²) in [6.45, 7) is 1.29. The van der Waals surface area contributed by atoms with Crippen molar-refractivity contribution < 1.29 is 9.59 Å². The summed E-state index contributed by atoms with van der Waals surface area (Å²) in [5.74, 6) is 0.0396. The Balaban J connectivity index is 1.49. The van der Waals surface area contributed by atoms with E-state index in [9.17, 15) is 9.59 Å². The monoisotopic (exact) mass is 321 g/mol. The van der Waals surface area contributed by atoms with Crippen molar-refractivity contribution in [3.63, 3.8) is 0 Å². The van der Waals surface area contributed by atoms with Crippen molar-refractivity contribution in [1.29, 1.82) is 0 Å². The standard InChI is InChI=1S/C19H19N3O2/c23-18(14-6-7-15-12-20-19(24)21-17(15)11-14)22-9-8-16(22)10-13-4-2-1-3-5-13/h1-7,11,16H,8-10,12H2,(H2,20,21,24). The fraction of sp³-hybridized carbons (Fsp3) is 0.263. The second-order valence-electron chi connectivity index (χ2n) is 6.31. The maximum atomic E-state index is 12.8. The molecule has 0 saturated carbocycles. The van der Waals surface area contributed by atoms with Gasteiger partial charge in [-0.1, -0.05) is 36.4 Å². The minimum absolute atomic E-state index is 0.0396. The van der Waals surface area contributed by atoms with Gasteiger partial charge in [0.2, 0.25) is 0 Å². The molecular weight excluding hydrogens is 302 g/mol. The highest BCUT2D eigenvalue weighted by atomic mass is 16.2. The van der Waals surface area contributed by atoms with Crippen LogP contribution in [-0.2, 0) is 13.0 Å². The first-order valence-corrected chi connectivity index (χ1v) is 8.23. The number of amides is 3. The van der Waals surface area contributed by atoms with Gasteiger partial charge >= 0.3 is 6.03 Å². The summed E-state index contributed by atoms with van der Waals surface area (Å²) in [4.78, 5) is 26.2. The largest absolute Gasteiger partial charge is 0.335 e. The smallest absolute Gasteiger partial charge is 0.319 e. The molecule has 4 rings (SSSR count). The lowest BCUT2D eigenvalue weighted by Crippen LogP contribution is -2.52. The summed E-state index contributed by atoms with van der Waals surface area (Å²) in [5.41, 5.74) is 3.61. The summed E-state index contributed by atoms with van der Waals surface area (Å²) in [6, 6.07) is 15.8. The van der Waals surface area contributed by atoms with Gasteiger partial charge in [0.05, 0.1) is 0 Å². The molecule has 0 spiro atoms. The molecule has 1 fully saturated rings. The normalized spacial score (nSPS) is 18.9. The van der Waals surface area contributed by atoms with Gasteiger partial charge in [-0.3, -0.25) is 4.79 Å². The topological polar surface area (TPSA) is 61.4 Å². The van der Waals surface area contributed by atoms with Crippen LogP contribution in [0.2, 0.25) is 0 Å². The van der Waals surface area contributed by atoms with Crippen molar-refractivity contribution in [2.24, 2.45) is 0 Å². The van der Waals surface area contributed by atoms with Crippen LogP contribution in [0.15, 0.2) is 48.5 Å². The Labute approximate surface area is 140 Å². The first-order valence-electron chi connectivity index (χ1n) is 8.23. The van der Waals surface area contributed by atoms with E-state index in [4.69, 9.17) is 0 Å². The van der Waals surface area contributed by atoms with E-state index < -0.39 is 0 Å². The number of benzene rings is 2. The Hall–Kier alpha value is -2.82. The molecule has 0 aliphatic carbocycles. The first-order chi connectivity index (χ1) is 11.7. The molecule has 0 aromatic heterocycles. The average Bonchev–Trinajstić information content (AvgIpc) is 2.59. The third-order valence-electron chi connectivity index (χ3n) is 4.76. The molecule has 1 atom stereocenters. The van der Waals surface area contributed by atoms with E-state index in [0.717, 1.165) is 30.6 Å². The van der Waals surface area contributed by atoms with Crippen LogP contribution in [0, 0.1) is 0 Å². The van der Waals surface area contributed by atoms with Crippen LogP contribution in [0.1, 0.15) is 27.9 Å². The van der Waals surface area contributed by atoms with Gasteiger partial charge in [0.25, 0.3) is 5.91 Å². The predicted molar refractivity (Wildman–Crippen MR) is 91.9 cm³/mol. The predicted octanol–water partition coefficient (Wildman–Crippen LogP) is 2.78. The molecule has 1 unspecified atom stereocenters. The minimum Gasteiger partial charge on any atom is -0.335 e. The van der Waals surface area contributed by atoms with Gasteiger partial charge in [-0.05, 0) is 36.1 Å². The number of urea groups is 1. The molecule has 2 heterocycles. The van der Waals surface area contributed by atoms with Crippen LogP contribution in [0.3, 0.4) is 0 Å². The maximum Gasteiger partial charge on any atom is 0.319 e. The highest BCUT2D eigenvalue weighted by molar-refractivity contribution is 5.98. The number of hydrogen-bond acceptors (Lipinski definition) is 2. The van der Waals surface area contributed by atoms with Crippen molar-refractivity contribution in [1.82, 2.24) is 10.2 Å². The van der Waals surface area contributed by atoms with Gasteiger partial charge in [-0.2, -0.15) is 0 Å². The van der Waals surface area contributed by atoms with Crippen molar-refractivity contribution in [3.8, 4) is 0 Å². The van der Waals surface area contributed by atoms with E-state index in [1.54, 1.807) is 6.07 Å². The molecule has 1 saturated heterocycles. The number of nitrogens with one attached hydrogen (secondary N) is 2. The molecule has 2 N–H and O–H groups in total. The number of fused-ring (bicyclic) bond motifs is 1. The summed E-state index contributed by atoms with van der Waals surface area (Å²) in [5, 5.41) is 5.48. The molecule has 24 heavy (non-hydrogen) atoms. The number of rotatable bonds is 3. The highest BCUT2D eigenvalue weighted by Crippen LogP contribution is 2.26. The van der Waals surface area contributed by atoms with E-state index in [1.807, 2.05) is 35.2 Å². The number of carbonyl (C=O) groups excluding carboxylic acids is 2. The summed E-state index contributed by atoms with van der Waals surface area (Å²) in [6.07, 6.45) is 1.92. The SMILES string of the molecule is O=C1NCc2ccc(C(=O)N3CCC3Cc3ccccc3)cc2N1. The third kappa shape index (κ3) is 2.73. The van der Waals surface area contributed by atoms with Gasteiger partial charge in [-0.15, -0.1) is 0 Å². The summed E-state index contributed by atoms with van der Waals surface area (Å²) >= 11 is 0. The van der Waals surface area contributed by atoms with Gasteiger partial charge in [-0.25, -0.2) is 4.79 Å². The van der Waals surface area contributed by atoms with Crippen LogP contribution < -0.4 is 10.6 Å². The lowest BCUT2D eigenvalue weighted by atomic mass is 9.94. The zero-order chi connectivity index (χ0) is 16.5. The fourth-order valence-corrected chi connectivity index (χ4v) is 3.29. The van der Waals surface area contributed by atoms with Crippen molar-refractivity contribution >= 4 is 17.6 Å². The zero-order valence-electron chi connectivity index (χ0n) is 13.3. The molecule has 2 aliphatic rings. The Morgan fingerprint density at radius 1 is 1.17 bits per heavy atom. The van der Waals surface area contributed by atoms with Crippen LogP contribution >= 0.6 is 0 Å². The van der Waals surface area contributed by atoms with E-state index in [1.165, 1.54) is 5.56 Å². The number of carbonyl (C=O) groups is 2. The molecule has 122 valence electrons. The summed E-state index contributed by atoms with van der Waals surface area (Å²) < 4.78 is 0. The van der Waals surface area contributed by atoms with Crippen molar-refractivity contribution in [2.75, 3.05) is 11.9 Å². The number of hydrogen-bond donors (Lipinski definition) is 2. The van der Waals surface area contributed by atoms with Crippen LogP contribution in [-0.4, -0.2) is 29.4 Å². The van der Waals surface area contributed by atoms with E-state index in [-0.39, 0.29) is 18.0 Å². The van der Waals surface area contributed by atoms with Gasteiger partial charge in [0.1, 0.15) is 0 Å². The highest BCUT2D eigenvalue weighted by Gasteiger charge is 2.33.